The summed E-state index contributed by atoms with van der Waals surface area (Å²) in [6.45, 7) is 2.85. The van der Waals surface area contributed by atoms with Crippen molar-refractivity contribution < 1.29 is 4.79 Å². The molecule has 20 heavy (non-hydrogen) atoms. The van der Waals surface area contributed by atoms with Crippen molar-refractivity contribution in [3.63, 3.8) is 0 Å². The predicted molar refractivity (Wildman–Crippen MR) is 79.6 cm³/mol. The van der Waals surface area contributed by atoms with E-state index in [0.29, 0.717) is 11.3 Å². The number of amides is 1. The highest BCUT2D eigenvalue weighted by molar-refractivity contribution is 5.95. The summed E-state index contributed by atoms with van der Waals surface area (Å²) in [5.41, 5.74) is 7.91. The second-order valence-electron chi connectivity index (χ2n) is 4.69. The molecule has 2 rings (SSSR count). The summed E-state index contributed by atoms with van der Waals surface area (Å²) in [5, 5.41) is 5.90. The lowest BCUT2D eigenvalue weighted by atomic mass is 10.1. The van der Waals surface area contributed by atoms with Crippen LogP contribution in [-0.4, -0.2) is 28.5 Å². The number of hydrogen-bond donors (Lipinski definition) is 3. The summed E-state index contributed by atoms with van der Waals surface area (Å²) < 4.78 is 1.99. The number of anilines is 2. The van der Waals surface area contributed by atoms with Gasteiger partial charge in [-0.2, -0.15) is 0 Å². The maximum absolute atomic E-state index is 11.5. The molecule has 0 saturated carbocycles. The van der Waals surface area contributed by atoms with Crippen molar-refractivity contribution in [3.05, 3.63) is 42.5 Å². The third kappa shape index (κ3) is 3.28. The first-order chi connectivity index (χ1) is 9.60. The lowest BCUT2D eigenvalue weighted by Crippen LogP contribution is -2.22. The van der Waals surface area contributed by atoms with Crippen LogP contribution in [0.25, 0.3) is 0 Å². The second kappa shape index (κ2) is 6.10. The lowest BCUT2D eigenvalue weighted by Gasteiger charge is -2.17. The Labute approximate surface area is 118 Å². The van der Waals surface area contributed by atoms with Crippen LogP contribution in [0.4, 0.5) is 11.4 Å². The van der Waals surface area contributed by atoms with Gasteiger partial charge < -0.3 is 20.9 Å². The van der Waals surface area contributed by atoms with Gasteiger partial charge in [-0.05, 0) is 25.1 Å². The van der Waals surface area contributed by atoms with Gasteiger partial charge >= 0.3 is 0 Å². The Kier molecular flexibility index (Phi) is 4.24. The average molecular weight is 273 g/mol. The fourth-order valence-electron chi connectivity index (χ4n) is 2.00. The Hall–Kier alpha value is -2.50. The standard InChI is InChI=1S/C14H19N5O/c1-10(8-19-6-5-17-9-19)18-13-4-3-11(7-12(13)15)14(20)16-2/h3-7,9-10,18H,8,15H2,1-2H3,(H,16,20). The summed E-state index contributed by atoms with van der Waals surface area (Å²) in [5.74, 6) is -0.144. The molecule has 106 valence electrons. The summed E-state index contributed by atoms with van der Waals surface area (Å²) in [6, 6.07) is 5.44. The fraction of sp³-hybridized carbons (Fsp3) is 0.286. The molecule has 0 aliphatic rings. The molecule has 0 spiro atoms. The van der Waals surface area contributed by atoms with E-state index < -0.39 is 0 Å². The van der Waals surface area contributed by atoms with E-state index in [1.807, 2.05) is 16.8 Å². The molecule has 1 unspecified atom stereocenters. The molecule has 4 N–H and O–H groups in total. The molecule has 2 aromatic rings. The van der Waals surface area contributed by atoms with Crippen molar-refractivity contribution in [2.75, 3.05) is 18.1 Å². The van der Waals surface area contributed by atoms with Crippen LogP contribution < -0.4 is 16.4 Å². The molecular weight excluding hydrogens is 254 g/mol. The molecule has 1 heterocycles. The fourth-order valence-corrected chi connectivity index (χ4v) is 2.00. The summed E-state index contributed by atoms with van der Waals surface area (Å²) >= 11 is 0. The predicted octanol–water partition coefficient (Wildman–Crippen LogP) is 1.33. The third-order valence-corrected chi connectivity index (χ3v) is 2.99. The van der Waals surface area contributed by atoms with Crippen LogP contribution in [0.2, 0.25) is 0 Å². The maximum atomic E-state index is 11.5. The van der Waals surface area contributed by atoms with E-state index in [1.165, 1.54) is 0 Å². The van der Waals surface area contributed by atoms with Crippen LogP contribution in [-0.2, 0) is 6.54 Å². The first kappa shape index (κ1) is 13.9. The van der Waals surface area contributed by atoms with Gasteiger partial charge in [-0.15, -0.1) is 0 Å². The number of benzene rings is 1. The van der Waals surface area contributed by atoms with Gasteiger partial charge in [0.25, 0.3) is 5.91 Å². The number of aromatic nitrogens is 2. The molecule has 1 atom stereocenters. The summed E-state index contributed by atoms with van der Waals surface area (Å²) in [6.07, 6.45) is 5.44. The minimum Gasteiger partial charge on any atom is -0.397 e. The van der Waals surface area contributed by atoms with Gasteiger partial charge in [0, 0.05) is 37.6 Å². The summed E-state index contributed by atoms with van der Waals surface area (Å²) in [4.78, 5) is 15.5. The zero-order valence-electron chi connectivity index (χ0n) is 11.6. The van der Waals surface area contributed by atoms with Gasteiger partial charge in [0.1, 0.15) is 0 Å². The normalized spacial score (nSPS) is 11.9. The molecule has 6 heteroatoms. The van der Waals surface area contributed by atoms with Crippen molar-refractivity contribution >= 4 is 17.3 Å². The highest BCUT2D eigenvalue weighted by Gasteiger charge is 2.09. The number of hydrogen-bond acceptors (Lipinski definition) is 4. The van der Waals surface area contributed by atoms with E-state index in [4.69, 9.17) is 5.73 Å². The van der Waals surface area contributed by atoms with Crippen LogP contribution in [0.15, 0.2) is 36.9 Å². The number of carbonyl (C=O) groups excluding carboxylic acids is 1. The van der Waals surface area contributed by atoms with Crippen LogP contribution in [0, 0.1) is 0 Å². The Bertz CT molecular complexity index is 579. The number of imidazole rings is 1. The topological polar surface area (TPSA) is 85.0 Å². The lowest BCUT2D eigenvalue weighted by molar-refractivity contribution is 0.0963. The largest absolute Gasteiger partial charge is 0.397 e. The quantitative estimate of drug-likeness (QED) is 0.717. The molecule has 0 aliphatic heterocycles. The number of nitrogens with one attached hydrogen (secondary N) is 2. The highest BCUT2D eigenvalue weighted by Crippen LogP contribution is 2.21. The van der Waals surface area contributed by atoms with E-state index in [-0.39, 0.29) is 11.9 Å². The molecule has 1 aromatic heterocycles. The number of nitrogens with two attached hydrogens (primary N) is 1. The van der Waals surface area contributed by atoms with Crippen molar-refractivity contribution in [2.45, 2.75) is 19.5 Å². The van der Waals surface area contributed by atoms with Crippen molar-refractivity contribution in [1.82, 2.24) is 14.9 Å². The first-order valence-electron chi connectivity index (χ1n) is 6.44. The van der Waals surface area contributed by atoms with E-state index >= 15 is 0 Å². The van der Waals surface area contributed by atoms with Crippen LogP contribution in [0.1, 0.15) is 17.3 Å². The van der Waals surface area contributed by atoms with Crippen LogP contribution in [0.5, 0.6) is 0 Å². The molecule has 0 fully saturated rings. The van der Waals surface area contributed by atoms with Gasteiger partial charge in [0.05, 0.1) is 17.7 Å². The van der Waals surface area contributed by atoms with Gasteiger partial charge in [0.15, 0.2) is 0 Å². The van der Waals surface area contributed by atoms with Crippen molar-refractivity contribution in [3.8, 4) is 0 Å². The van der Waals surface area contributed by atoms with Gasteiger partial charge in [-0.3, -0.25) is 4.79 Å². The van der Waals surface area contributed by atoms with E-state index in [1.54, 1.807) is 31.7 Å². The molecule has 0 radical (unpaired) electrons. The van der Waals surface area contributed by atoms with Gasteiger partial charge in [-0.25, -0.2) is 4.98 Å². The number of rotatable bonds is 5. The molecule has 0 aliphatic carbocycles. The minimum atomic E-state index is -0.144. The molecule has 1 amide bonds. The highest BCUT2D eigenvalue weighted by atomic mass is 16.1. The minimum absolute atomic E-state index is 0.144. The zero-order valence-corrected chi connectivity index (χ0v) is 11.6. The summed E-state index contributed by atoms with van der Waals surface area (Å²) in [7, 11) is 1.60. The van der Waals surface area contributed by atoms with E-state index in [0.717, 1.165) is 12.2 Å². The Morgan fingerprint density at radius 3 is 2.90 bits per heavy atom. The molecule has 6 nitrogen and oxygen atoms in total. The Balaban J connectivity index is 2.04. The van der Waals surface area contributed by atoms with Crippen molar-refractivity contribution in [1.29, 1.82) is 0 Å². The Morgan fingerprint density at radius 2 is 2.30 bits per heavy atom. The second-order valence-corrected chi connectivity index (χ2v) is 4.69. The monoisotopic (exact) mass is 273 g/mol. The molecule has 0 bridgehead atoms. The average Bonchev–Trinajstić information content (AvgIpc) is 2.93. The SMILES string of the molecule is CNC(=O)c1ccc(NC(C)Cn2ccnc2)c(N)c1. The maximum Gasteiger partial charge on any atom is 0.251 e. The smallest absolute Gasteiger partial charge is 0.251 e. The first-order valence-corrected chi connectivity index (χ1v) is 6.44. The van der Waals surface area contributed by atoms with E-state index in [9.17, 15) is 4.79 Å². The number of nitrogen functional groups attached to an aromatic ring is 1. The van der Waals surface area contributed by atoms with Gasteiger partial charge in [-0.1, -0.05) is 0 Å². The third-order valence-electron chi connectivity index (χ3n) is 2.99. The van der Waals surface area contributed by atoms with Crippen LogP contribution >= 0.6 is 0 Å². The molecule has 0 saturated heterocycles. The molecular formula is C14H19N5O. The van der Waals surface area contributed by atoms with Crippen LogP contribution in [0.3, 0.4) is 0 Å². The number of nitrogens with zero attached hydrogens (tertiary/aromatic N) is 2. The van der Waals surface area contributed by atoms with Crippen molar-refractivity contribution in [2.24, 2.45) is 0 Å². The molecule has 1 aromatic carbocycles. The number of carbonyl (C=O) groups is 1. The zero-order chi connectivity index (χ0) is 14.5. The van der Waals surface area contributed by atoms with Gasteiger partial charge in [0.2, 0.25) is 0 Å². The van der Waals surface area contributed by atoms with E-state index in [2.05, 4.69) is 22.5 Å². The Morgan fingerprint density at radius 1 is 1.50 bits per heavy atom.